The predicted molar refractivity (Wildman–Crippen MR) is 30.6 cm³/mol. The molecule has 0 aromatic rings. The zero-order valence-electron chi connectivity index (χ0n) is 4.52. The molecule has 1 rings (SSSR count). The summed E-state index contributed by atoms with van der Waals surface area (Å²) in [6.45, 7) is 3.13. The van der Waals surface area contributed by atoms with Crippen molar-refractivity contribution in [1.29, 1.82) is 0 Å². The van der Waals surface area contributed by atoms with Crippen molar-refractivity contribution < 1.29 is 0 Å². The van der Waals surface area contributed by atoms with E-state index in [0.29, 0.717) is 6.04 Å². The first-order valence-corrected chi connectivity index (χ1v) is 2.68. The zero-order valence-corrected chi connectivity index (χ0v) is 4.52. The molecule has 1 heterocycles. The van der Waals surface area contributed by atoms with Crippen LogP contribution in [0.1, 0.15) is 13.3 Å². The number of nitrogens with zero attached hydrogens (tertiary/aromatic N) is 1. The van der Waals surface area contributed by atoms with Crippen LogP contribution in [-0.4, -0.2) is 18.9 Å². The Kier molecular flexibility index (Phi) is 1.29. The van der Waals surface area contributed by atoms with Crippen molar-refractivity contribution in [3.05, 3.63) is 0 Å². The molecule has 7 heavy (non-hydrogen) atoms. The number of aliphatic imine (C=N–C) groups is 1. The predicted octanol–water partition coefficient (Wildman–Crippen LogP) is 0.397. The Morgan fingerprint density at radius 2 is 2.86 bits per heavy atom. The van der Waals surface area contributed by atoms with E-state index >= 15 is 0 Å². The third-order valence-electron chi connectivity index (χ3n) is 1.22. The molecule has 0 spiro atoms. The van der Waals surface area contributed by atoms with Crippen LogP contribution in [0.25, 0.3) is 0 Å². The van der Waals surface area contributed by atoms with Gasteiger partial charge in [-0.25, -0.2) is 0 Å². The summed E-state index contributed by atoms with van der Waals surface area (Å²) in [6, 6.07) is 0.625. The van der Waals surface area contributed by atoms with Crippen molar-refractivity contribution in [2.75, 3.05) is 6.54 Å². The second-order valence-electron chi connectivity index (χ2n) is 1.77. The molecule has 40 valence electrons. The lowest BCUT2D eigenvalue weighted by molar-refractivity contribution is 0.639. The molecular weight excluding hydrogens is 88.1 g/mol. The highest BCUT2D eigenvalue weighted by Crippen LogP contribution is 1.93. The topological polar surface area (TPSA) is 24.4 Å². The Balaban J connectivity index is 2.22. The normalized spacial score (nSPS) is 27.9. The van der Waals surface area contributed by atoms with Crippen LogP contribution < -0.4 is 5.32 Å². The van der Waals surface area contributed by atoms with Gasteiger partial charge in [-0.15, -0.1) is 0 Å². The van der Waals surface area contributed by atoms with E-state index in [1.807, 2.05) is 0 Å². The van der Waals surface area contributed by atoms with E-state index in [0.717, 1.165) is 6.54 Å². The first-order valence-electron chi connectivity index (χ1n) is 2.68. The largest absolute Gasteiger partial charge is 0.372 e. The SMILES string of the molecule is CC[C@@H]1CN=CN1. The lowest BCUT2D eigenvalue weighted by Crippen LogP contribution is -2.22. The minimum absolute atomic E-state index is 0.625. The Bertz CT molecular complexity index is 70.1. The number of hydrogen-bond donors (Lipinski definition) is 1. The molecule has 0 aliphatic carbocycles. The van der Waals surface area contributed by atoms with Crippen LogP contribution in [-0.2, 0) is 0 Å². The molecule has 1 atom stereocenters. The Morgan fingerprint density at radius 3 is 3.14 bits per heavy atom. The van der Waals surface area contributed by atoms with Gasteiger partial charge in [0.25, 0.3) is 0 Å². The molecule has 0 saturated carbocycles. The molecule has 0 aromatic heterocycles. The van der Waals surface area contributed by atoms with E-state index in [1.54, 1.807) is 6.34 Å². The average Bonchev–Trinajstić information content (AvgIpc) is 2.14. The summed E-state index contributed by atoms with van der Waals surface area (Å²) < 4.78 is 0. The van der Waals surface area contributed by atoms with Gasteiger partial charge >= 0.3 is 0 Å². The van der Waals surface area contributed by atoms with E-state index in [-0.39, 0.29) is 0 Å². The van der Waals surface area contributed by atoms with E-state index in [2.05, 4.69) is 17.2 Å². The van der Waals surface area contributed by atoms with Gasteiger partial charge in [0.05, 0.1) is 12.9 Å². The lowest BCUT2D eigenvalue weighted by atomic mass is 10.2. The third kappa shape index (κ3) is 0.918. The minimum atomic E-state index is 0.625. The number of nitrogens with one attached hydrogen (secondary N) is 1. The number of rotatable bonds is 1. The van der Waals surface area contributed by atoms with Crippen molar-refractivity contribution in [1.82, 2.24) is 5.32 Å². The molecule has 0 aromatic carbocycles. The third-order valence-corrected chi connectivity index (χ3v) is 1.22. The summed E-state index contributed by atoms with van der Waals surface area (Å²) in [5.74, 6) is 0. The van der Waals surface area contributed by atoms with Crippen LogP contribution in [0.2, 0.25) is 0 Å². The fraction of sp³-hybridized carbons (Fsp3) is 0.800. The second kappa shape index (κ2) is 1.96. The van der Waals surface area contributed by atoms with Gasteiger partial charge in [0.15, 0.2) is 0 Å². The summed E-state index contributed by atoms with van der Waals surface area (Å²) in [5.41, 5.74) is 0. The Hall–Kier alpha value is -0.530. The van der Waals surface area contributed by atoms with Gasteiger partial charge in [-0.2, -0.15) is 0 Å². The van der Waals surface area contributed by atoms with Crippen LogP contribution in [0, 0.1) is 0 Å². The van der Waals surface area contributed by atoms with Gasteiger partial charge < -0.3 is 5.32 Å². The molecule has 1 N–H and O–H groups in total. The van der Waals surface area contributed by atoms with Crippen molar-refractivity contribution in [2.45, 2.75) is 19.4 Å². The summed E-state index contributed by atoms with van der Waals surface area (Å²) >= 11 is 0. The van der Waals surface area contributed by atoms with Crippen molar-refractivity contribution in [3.63, 3.8) is 0 Å². The molecule has 0 amide bonds. The highest BCUT2D eigenvalue weighted by molar-refractivity contribution is 5.57. The maximum Gasteiger partial charge on any atom is 0.0827 e. The van der Waals surface area contributed by atoms with Gasteiger partial charge in [-0.1, -0.05) is 6.92 Å². The first-order chi connectivity index (χ1) is 3.43. The molecule has 2 nitrogen and oxygen atoms in total. The standard InChI is InChI=1S/C5H10N2/c1-2-5-3-6-4-7-5/h4-5H,2-3H2,1H3,(H,6,7)/t5-/m1/s1. The van der Waals surface area contributed by atoms with Gasteiger partial charge in [-0.05, 0) is 6.42 Å². The first kappa shape index (κ1) is 4.62. The lowest BCUT2D eigenvalue weighted by Gasteiger charge is -2.01. The van der Waals surface area contributed by atoms with E-state index in [1.165, 1.54) is 6.42 Å². The van der Waals surface area contributed by atoms with Crippen LogP contribution in [0.4, 0.5) is 0 Å². The number of hydrogen-bond acceptors (Lipinski definition) is 2. The molecule has 0 radical (unpaired) electrons. The zero-order chi connectivity index (χ0) is 5.11. The van der Waals surface area contributed by atoms with Gasteiger partial charge in [-0.3, -0.25) is 4.99 Å². The smallest absolute Gasteiger partial charge is 0.0827 e. The highest BCUT2D eigenvalue weighted by Gasteiger charge is 2.04. The van der Waals surface area contributed by atoms with Crippen molar-refractivity contribution in [3.8, 4) is 0 Å². The monoisotopic (exact) mass is 98.1 g/mol. The minimum Gasteiger partial charge on any atom is -0.372 e. The molecule has 0 fully saturated rings. The van der Waals surface area contributed by atoms with Crippen LogP contribution in [0.5, 0.6) is 0 Å². The summed E-state index contributed by atoms with van der Waals surface area (Å²) in [6.07, 6.45) is 2.97. The van der Waals surface area contributed by atoms with Crippen LogP contribution in [0.3, 0.4) is 0 Å². The fourth-order valence-electron chi connectivity index (χ4n) is 0.638. The summed E-state index contributed by atoms with van der Waals surface area (Å²) in [7, 11) is 0. The molecule has 0 unspecified atom stereocenters. The van der Waals surface area contributed by atoms with E-state index in [9.17, 15) is 0 Å². The van der Waals surface area contributed by atoms with Gasteiger partial charge in [0, 0.05) is 6.04 Å². The van der Waals surface area contributed by atoms with Crippen molar-refractivity contribution >= 4 is 6.34 Å². The second-order valence-corrected chi connectivity index (χ2v) is 1.77. The van der Waals surface area contributed by atoms with E-state index in [4.69, 9.17) is 0 Å². The Morgan fingerprint density at radius 1 is 2.00 bits per heavy atom. The Labute approximate surface area is 43.6 Å². The fourth-order valence-corrected chi connectivity index (χ4v) is 0.638. The maximum atomic E-state index is 4.00. The molecule has 1 aliphatic rings. The molecule has 0 saturated heterocycles. The maximum absolute atomic E-state index is 4.00. The van der Waals surface area contributed by atoms with E-state index < -0.39 is 0 Å². The van der Waals surface area contributed by atoms with Gasteiger partial charge in [0.2, 0.25) is 0 Å². The molecular formula is C5H10N2. The quantitative estimate of drug-likeness (QED) is 0.504. The van der Waals surface area contributed by atoms with Gasteiger partial charge in [0.1, 0.15) is 0 Å². The van der Waals surface area contributed by atoms with Crippen LogP contribution in [0.15, 0.2) is 4.99 Å². The summed E-state index contributed by atoms with van der Waals surface area (Å²) in [4.78, 5) is 4.00. The van der Waals surface area contributed by atoms with Crippen LogP contribution >= 0.6 is 0 Å². The molecule has 1 aliphatic heterocycles. The molecule has 0 bridgehead atoms. The average molecular weight is 98.1 g/mol. The molecule has 2 heteroatoms. The highest BCUT2D eigenvalue weighted by atomic mass is 15.0. The van der Waals surface area contributed by atoms with Crippen molar-refractivity contribution in [2.24, 2.45) is 4.99 Å². The summed E-state index contributed by atoms with van der Waals surface area (Å²) in [5, 5.41) is 3.11.